The average Bonchev–Trinajstić information content (AvgIpc) is 3.57. The molecule has 1 unspecified atom stereocenters. The Hall–Kier alpha value is -2.77. The highest BCUT2D eigenvalue weighted by atomic mass is 32.2. The second kappa shape index (κ2) is 23.7. The smallest absolute Gasteiger partial charge is 0.336 e. The lowest BCUT2D eigenvalue weighted by Crippen LogP contribution is -2.39. The molecule has 50 heavy (non-hydrogen) atoms. The van der Waals surface area contributed by atoms with Crippen LogP contribution in [0.1, 0.15) is 58.8 Å². The van der Waals surface area contributed by atoms with E-state index in [-0.39, 0.29) is 49.6 Å². The molecule has 0 aromatic heterocycles. The zero-order valence-corrected chi connectivity index (χ0v) is 30.9. The van der Waals surface area contributed by atoms with Crippen molar-refractivity contribution in [3.63, 3.8) is 0 Å². The first kappa shape index (κ1) is 43.4. The average molecular weight is 751 g/mol. The molecule has 3 atom stereocenters. The summed E-state index contributed by atoms with van der Waals surface area (Å²) >= 11 is 5.35. The number of hydrogen-bond acceptors (Lipinski definition) is 16. The number of methoxy groups -OCH3 is 2. The van der Waals surface area contributed by atoms with Crippen LogP contribution in [0.4, 0.5) is 0 Å². The molecule has 1 saturated carbocycles. The van der Waals surface area contributed by atoms with Gasteiger partial charge in [0.25, 0.3) is 11.8 Å². The van der Waals surface area contributed by atoms with Crippen molar-refractivity contribution in [3.8, 4) is 0 Å². The molecule has 3 fully saturated rings. The van der Waals surface area contributed by atoms with E-state index in [1.54, 1.807) is 13.8 Å². The fraction of sp³-hybridized carbons (Fsp3) is 0.781. The van der Waals surface area contributed by atoms with Crippen LogP contribution in [0.2, 0.25) is 0 Å². The Labute approximate surface area is 302 Å². The molecule has 0 spiro atoms. The Morgan fingerprint density at radius 3 is 1.84 bits per heavy atom. The number of thioether (sulfide) groups is 1. The summed E-state index contributed by atoms with van der Waals surface area (Å²) in [5.74, 6) is -1.90. The van der Waals surface area contributed by atoms with E-state index in [1.807, 2.05) is 0 Å². The number of hydroxylamine groups is 2. The number of esters is 2. The Morgan fingerprint density at radius 1 is 0.780 bits per heavy atom. The standard InChI is InChI=1S/C24H34N2O10S.C8H16O4S/c1-15(23(31)33-2)35-10-9-34-11-12-37-18-13-21(29)25(22(18)30)14-16-3-5-17(6-4-16)24(32)36-26-19(27)7-8-20(26)28;1-7(8(9)10-2)12-4-3-11-5-6-13/h15-18H,3-14H2,1-2H3;7,13H,3-6H2,1-2H3/t15-,16?,17?,18?;7-/m00/s1. The topological polar surface area (TPSA) is 191 Å². The van der Waals surface area contributed by atoms with E-state index in [4.69, 9.17) is 23.8 Å². The molecule has 3 aliphatic rings. The number of nitrogens with zero attached hydrogens (tertiary/aromatic N) is 2. The lowest BCUT2D eigenvalue weighted by molar-refractivity contribution is -0.201. The van der Waals surface area contributed by atoms with Crippen LogP contribution in [0.15, 0.2) is 0 Å². The molecule has 0 aromatic rings. The molecule has 0 aromatic carbocycles. The van der Waals surface area contributed by atoms with Crippen molar-refractivity contribution in [2.45, 2.75) is 76.3 Å². The normalized spacial score (nSPS) is 21.8. The van der Waals surface area contributed by atoms with Gasteiger partial charge in [-0.15, -0.1) is 16.8 Å². The summed E-state index contributed by atoms with van der Waals surface area (Å²) in [5, 5.41) is 0.131. The molecule has 2 aliphatic heterocycles. The number of ether oxygens (including phenoxy) is 6. The second-order valence-electron chi connectivity index (χ2n) is 11.6. The number of carbonyl (C=O) groups excluding carboxylic acids is 7. The van der Waals surface area contributed by atoms with Gasteiger partial charge >= 0.3 is 17.9 Å². The minimum Gasteiger partial charge on any atom is -0.467 e. The lowest BCUT2D eigenvalue weighted by atomic mass is 9.82. The predicted octanol–water partition coefficient (Wildman–Crippen LogP) is 1.37. The Kier molecular flexibility index (Phi) is 20.5. The van der Waals surface area contributed by atoms with Crippen molar-refractivity contribution in [2.24, 2.45) is 11.8 Å². The third kappa shape index (κ3) is 14.8. The van der Waals surface area contributed by atoms with E-state index >= 15 is 0 Å². The molecule has 4 amide bonds. The van der Waals surface area contributed by atoms with E-state index in [2.05, 4.69) is 22.1 Å². The fourth-order valence-electron chi connectivity index (χ4n) is 5.19. The summed E-state index contributed by atoms with van der Waals surface area (Å²) in [4.78, 5) is 89.4. The summed E-state index contributed by atoms with van der Waals surface area (Å²) in [6.45, 7) is 5.95. The van der Waals surface area contributed by atoms with Crippen molar-refractivity contribution in [3.05, 3.63) is 0 Å². The number of amides is 4. The summed E-state index contributed by atoms with van der Waals surface area (Å²) in [7, 11) is 2.63. The highest BCUT2D eigenvalue weighted by Crippen LogP contribution is 2.33. The predicted molar refractivity (Wildman–Crippen MR) is 181 cm³/mol. The van der Waals surface area contributed by atoms with Gasteiger partial charge in [0.15, 0.2) is 12.2 Å². The van der Waals surface area contributed by atoms with Crippen LogP contribution in [0.25, 0.3) is 0 Å². The van der Waals surface area contributed by atoms with E-state index in [9.17, 15) is 33.6 Å². The van der Waals surface area contributed by atoms with Gasteiger partial charge in [0.2, 0.25) is 11.8 Å². The van der Waals surface area contributed by atoms with Crippen LogP contribution in [0.5, 0.6) is 0 Å². The van der Waals surface area contributed by atoms with E-state index in [1.165, 1.54) is 30.9 Å². The van der Waals surface area contributed by atoms with Crippen LogP contribution in [-0.4, -0.2) is 141 Å². The maximum Gasteiger partial charge on any atom is 0.336 e. The maximum atomic E-state index is 12.8. The number of thiol groups is 1. The van der Waals surface area contributed by atoms with Gasteiger partial charge in [-0.3, -0.25) is 24.1 Å². The van der Waals surface area contributed by atoms with Crippen molar-refractivity contribution in [2.75, 3.05) is 71.9 Å². The molecule has 3 rings (SSSR count). The molecule has 0 bridgehead atoms. The number of imide groups is 2. The van der Waals surface area contributed by atoms with Gasteiger partial charge in [0.1, 0.15) is 0 Å². The van der Waals surface area contributed by atoms with Crippen LogP contribution in [0.3, 0.4) is 0 Å². The number of carbonyl (C=O) groups is 7. The van der Waals surface area contributed by atoms with E-state index < -0.39 is 47.1 Å². The van der Waals surface area contributed by atoms with Gasteiger partial charge in [-0.05, 0) is 45.4 Å². The Balaban J connectivity index is 0.000000565. The summed E-state index contributed by atoms with van der Waals surface area (Å²) in [6, 6.07) is 0. The molecule has 1 aliphatic carbocycles. The van der Waals surface area contributed by atoms with Crippen molar-refractivity contribution >= 4 is 65.9 Å². The van der Waals surface area contributed by atoms with Crippen LogP contribution in [0, 0.1) is 11.8 Å². The summed E-state index contributed by atoms with van der Waals surface area (Å²) in [6.07, 6.45) is 1.37. The van der Waals surface area contributed by atoms with Gasteiger partial charge in [-0.25, -0.2) is 14.4 Å². The third-order valence-electron chi connectivity index (χ3n) is 8.05. The van der Waals surface area contributed by atoms with Crippen molar-refractivity contribution in [1.82, 2.24) is 9.96 Å². The first-order valence-electron chi connectivity index (χ1n) is 16.6. The summed E-state index contributed by atoms with van der Waals surface area (Å²) in [5.41, 5.74) is 0. The molecule has 16 nitrogen and oxygen atoms in total. The molecular formula is C32H50N2O14S2. The van der Waals surface area contributed by atoms with Crippen molar-refractivity contribution in [1.29, 1.82) is 0 Å². The second-order valence-corrected chi connectivity index (χ2v) is 13.4. The van der Waals surface area contributed by atoms with Gasteiger partial charge in [0.05, 0.1) is 65.0 Å². The van der Waals surface area contributed by atoms with Gasteiger partial charge in [0, 0.05) is 37.3 Å². The van der Waals surface area contributed by atoms with Gasteiger partial charge in [-0.1, -0.05) is 0 Å². The minimum atomic E-state index is -0.661. The SMILES string of the molecule is COC(=O)[C@H](C)OCCOCCS.COC(=O)[C@H](C)OCCOCCSC1CC(=O)N(CC2CCC(C(=O)ON3C(=O)CCC3=O)CC2)C1=O. The Morgan fingerprint density at radius 2 is 1.32 bits per heavy atom. The largest absolute Gasteiger partial charge is 0.467 e. The quantitative estimate of drug-likeness (QED) is 0.0812. The van der Waals surface area contributed by atoms with Gasteiger partial charge in [-0.2, -0.15) is 12.6 Å². The molecular weight excluding hydrogens is 700 g/mol. The summed E-state index contributed by atoms with van der Waals surface area (Å²) < 4.78 is 30.0. The van der Waals surface area contributed by atoms with Crippen LogP contribution in [-0.2, 0) is 66.8 Å². The lowest BCUT2D eigenvalue weighted by Gasteiger charge is -2.30. The molecule has 18 heteroatoms. The van der Waals surface area contributed by atoms with E-state index in [0.717, 1.165) is 0 Å². The molecule has 2 heterocycles. The zero-order valence-electron chi connectivity index (χ0n) is 29.2. The first-order chi connectivity index (χ1) is 23.9. The molecule has 2 saturated heterocycles. The van der Waals surface area contributed by atoms with Crippen molar-refractivity contribution < 1.29 is 66.8 Å². The highest BCUT2D eigenvalue weighted by Gasteiger charge is 2.41. The van der Waals surface area contributed by atoms with E-state index in [0.29, 0.717) is 81.8 Å². The molecule has 284 valence electrons. The fourth-order valence-corrected chi connectivity index (χ4v) is 6.35. The number of hydrogen-bond donors (Lipinski definition) is 1. The Bertz CT molecular complexity index is 1130. The van der Waals surface area contributed by atoms with Crippen LogP contribution < -0.4 is 0 Å². The monoisotopic (exact) mass is 750 g/mol. The highest BCUT2D eigenvalue weighted by molar-refractivity contribution is 8.00. The van der Waals surface area contributed by atoms with Gasteiger partial charge < -0.3 is 33.3 Å². The molecule has 0 N–H and O–H groups in total. The zero-order chi connectivity index (χ0) is 37.1. The number of likely N-dealkylation sites (tertiary alicyclic amines) is 1. The maximum absolute atomic E-state index is 12.8. The number of rotatable bonds is 20. The third-order valence-corrected chi connectivity index (χ3v) is 9.41. The van der Waals surface area contributed by atoms with Crippen LogP contribution >= 0.6 is 24.4 Å². The first-order valence-corrected chi connectivity index (χ1v) is 18.3. The molecule has 0 radical (unpaired) electrons. The minimum absolute atomic E-state index is 0.0514.